The van der Waals surface area contributed by atoms with Crippen LogP contribution in [0.5, 0.6) is 11.8 Å². The molecule has 4 aliphatic heterocycles. The van der Waals surface area contributed by atoms with E-state index in [1.165, 1.54) is 0 Å². The van der Waals surface area contributed by atoms with Crippen LogP contribution in [0.4, 0.5) is 10.2 Å². The number of carbonyl (C=O) groups is 1. The largest absolute Gasteiger partial charge is 0.508 e. The molecule has 6 heterocycles. The Labute approximate surface area is 300 Å². The molecule has 10 rings (SSSR count). The fourth-order valence-electron chi connectivity index (χ4n) is 9.69. The summed E-state index contributed by atoms with van der Waals surface area (Å²) in [4.78, 5) is 30.4. The number of carbonyl (C=O) groups excluding carboxylic acids is 1. The second kappa shape index (κ2) is 12.2. The number of ether oxygens (including phenoxy) is 1. The molecule has 52 heavy (non-hydrogen) atoms. The molecule has 0 unspecified atom stereocenters. The lowest BCUT2D eigenvalue weighted by atomic mass is 9.95. The minimum atomic E-state index is -0.480. The van der Waals surface area contributed by atoms with Crippen LogP contribution in [0.3, 0.4) is 0 Å². The second-order valence-electron chi connectivity index (χ2n) is 15.1. The number of amides is 1. The van der Waals surface area contributed by atoms with E-state index in [1.807, 2.05) is 54.6 Å². The van der Waals surface area contributed by atoms with Gasteiger partial charge in [0, 0.05) is 41.5 Å². The maximum Gasteiger partial charge on any atom is 0.319 e. The number of para-hydroxylation sites is 1. The Hall–Kier alpha value is -5.29. The number of nitrogens with zero attached hydrogens (tertiary/aromatic N) is 6. The van der Waals surface area contributed by atoms with Gasteiger partial charge in [-0.2, -0.15) is 15.1 Å². The highest BCUT2D eigenvalue weighted by molar-refractivity contribution is 6.01. The fraction of sp³-hybridized carbons (Fsp3) is 0.366. The molecule has 2 N–H and O–H groups in total. The van der Waals surface area contributed by atoms with E-state index in [2.05, 4.69) is 24.9 Å². The number of aromatic nitrogens is 4. The van der Waals surface area contributed by atoms with Crippen LogP contribution in [0.2, 0.25) is 0 Å². The Balaban J connectivity index is 1.01. The number of H-pyrrole nitrogens is 1. The Kier molecular flexibility index (Phi) is 7.35. The highest BCUT2D eigenvalue weighted by atomic mass is 19.1. The van der Waals surface area contributed by atoms with Gasteiger partial charge >= 0.3 is 6.01 Å². The third kappa shape index (κ3) is 5.08. The molecular weight excluding hydrogens is 657 g/mol. The number of nitrogens with one attached hydrogen (secondary N) is 1. The van der Waals surface area contributed by atoms with Gasteiger partial charge in [0.05, 0.1) is 23.2 Å². The second-order valence-corrected chi connectivity index (χ2v) is 15.1. The molecule has 0 radical (unpaired) electrons. The highest BCUT2D eigenvalue weighted by Crippen LogP contribution is 2.42. The Morgan fingerprint density at radius 3 is 2.46 bits per heavy atom. The topological polar surface area (TPSA) is 111 Å². The summed E-state index contributed by atoms with van der Waals surface area (Å²) in [5.41, 5.74) is 2.80. The Morgan fingerprint density at radius 1 is 0.904 bits per heavy atom. The smallest absolute Gasteiger partial charge is 0.319 e. The third-order valence-electron chi connectivity index (χ3n) is 12.1. The number of piperazine rings is 1. The van der Waals surface area contributed by atoms with Crippen molar-refractivity contribution < 1.29 is 19.0 Å². The molecule has 4 saturated heterocycles. The van der Waals surface area contributed by atoms with Gasteiger partial charge in [-0.1, -0.05) is 48.5 Å². The highest BCUT2D eigenvalue weighted by Gasteiger charge is 2.46. The molecule has 2 atom stereocenters. The zero-order valence-corrected chi connectivity index (χ0v) is 28.9. The van der Waals surface area contributed by atoms with E-state index in [1.54, 1.807) is 18.2 Å². The van der Waals surface area contributed by atoms with Crippen LogP contribution < -0.4 is 9.64 Å². The van der Waals surface area contributed by atoms with Crippen LogP contribution in [0, 0.1) is 5.82 Å². The first-order chi connectivity index (χ1) is 25.4. The maximum absolute atomic E-state index is 17.0. The van der Waals surface area contributed by atoms with Crippen LogP contribution in [0.25, 0.3) is 43.7 Å². The van der Waals surface area contributed by atoms with Crippen molar-refractivity contribution in [1.29, 1.82) is 0 Å². The van der Waals surface area contributed by atoms with E-state index in [4.69, 9.17) is 14.7 Å². The van der Waals surface area contributed by atoms with Crippen molar-refractivity contribution in [2.45, 2.75) is 62.6 Å². The predicted molar refractivity (Wildman–Crippen MR) is 198 cm³/mol. The van der Waals surface area contributed by atoms with Crippen LogP contribution in [0.15, 0.2) is 72.8 Å². The number of phenols is 1. The number of anilines is 1. The number of fused-ring (bicyclic) bond motifs is 6. The van der Waals surface area contributed by atoms with Crippen molar-refractivity contribution in [2.24, 2.45) is 0 Å². The monoisotopic (exact) mass is 697 g/mol. The van der Waals surface area contributed by atoms with Crippen molar-refractivity contribution >= 4 is 44.3 Å². The number of hydrogen-bond donors (Lipinski definition) is 2. The summed E-state index contributed by atoms with van der Waals surface area (Å²) in [6.45, 7) is 3.77. The van der Waals surface area contributed by atoms with Crippen LogP contribution in [0.1, 0.15) is 44.2 Å². The first-order valence-electron chi connectivity index (χ1n) is 18.5. The van der Waals surface area contributed by atoms with Gasteiger partial charge < -0.3 is 19.6 Å². The number of aromatic amines is 1. The summed E-state index contributed by atoms with van der Waals surface area (Å²) in [7, 11) is 0. The van der Waals surface area contributed by atoms with Gasteiger partial charge in [-0.25, -0.2) is 4.39 Å². The summed E-state index contributed by atoms with van der Waals surface area (Å²) in [6, 6.07) is 22.7. The van der Waals surface area contributed by atoms with Crippen molar-refractivity contribution in [3.05, 3.63) is 84.3 Å². The van der Waals surface area contributed by atoms with Crippen molar-refractivity contribution in [3.63, 3.8) is 0 Å². The summed E-state index contributed by atoms with van der Waals surface area (Å²) < 4.78 is 23.5. The van der Waals surface area contributed by atoms with Gasteiger partial charge in [-0.3, -0.25) is 14.8 Å². The van der Waals surface area contributed by atoms with E-state index in [9.17, 15) is 9.90 Å². The van der Waals surface area contributed by atoms with E-state index in [0.717, 1.165) is 79.0 Å². The summed E-state index contributed by atoms with van der Waals surface area (Å²) >= 11 is 0. The molecule has 0 aliphatic carbocycles. The Bertz CT molecular complexity index is 2350. The molecule has 0 saturated carbocycles. The minimum Gasteiger partial charge on any atom is -0.508 e. The third-order valence-corrected chi connectivity index (χ3v) is 12.1. The van der Waals surface area contributed by atoms with Gasteiger partial charge in [-0.15, -0.1) is 0 Å². The van der Waals surface area contributed by atoms with E-state index in [-0.39, 0.29) is 47.2 Å². The number of rotatable bonds is 7. The average molecular weight is 698 g/mol. The number of halogens is 1. The molecule has 2 aromatic heterocycles. The normalized spacial score (nSPS) is 21.1. The lowest BCUT2D eigenvalue weighted by Gasteiger charge is -2.42. The molecule has 11 heteroatoms. The number of phenolic OH excluding ortho intramolecular Hbond substituents is 1. The van der Waals surface area contributed by atoms with Gasteiger partial charge in [0.1, 0.15) is 23.7 Å². The Morgan fingerprint density at radius 2 is 1.65 bits per heavy atom. The molecule has 264 valence electrons. The molecule has 4 fully saturated rings. The van der Waals surface area contributed by atoms with Gasteiger partial charge in [0.2, 0.25) is 5.91 Å². The molecule has 0 spiro atoms. The van der Waals surface area contributed by atoms with Crippen molar-refractivity contribution in [3.8, 4) is 22.9 Å². The van der Waals surface area contributed by atoms with Crippen LogP contribution in [-0.4, -0.2) is 91.4 Å². The predicted octanol–water partition coefficient (Wildman–Crippen LogP) is 6.60. The summed E-state index contributed by atoms with van der Waals surface area (Å²) in [5, 5.41) is 21.3. The van der Waals surface area contributed by atoms with Gasteiger partial charge in [0.25, 0.3) is 0 Å². The van der Waals surface area contributed by atoms with Crippen LogP contribution in [-0.2, 0) is 11.2 Å². The zero-order chi connectivity index (χ0) is 35.0. The zero-order valence-electron chi connectivity index (χ0n) is 28.9. The molecule has 4 aromatic carbocycles. The lowest BCUT2D eigenvalue weighted by Crippen LogP contribution is -2.56. The molecule has 10 nitrogen and oxygen atoms in total. The SMILES string of the molecule is O=C(Cc1[nH]nc2ccccc12)N1[C@@H]2CC[C@H]1CN(c1nc(OCC34CCCN3CCC4)nc3c(F)c(-c4cc(O)cc5ccccc45)ccc13)C2. The van der Waals surface area contributed by atoms with E-state index in [0.29, 0.717) is 42.0 Å². The summed E-state index contributed by atoms with van der Waals surface area (Å²) in [5.74, 6) is 0.305. The van der Waals surface area contributed by atoms with Crippen molar-refractivity contribution in [1.82, 2.24) is 30.0 Å². The summed E-state index contributed by atoms with van der Waals surface area (Å²) in [6.07, 6.45) is 6.48. The van der Waals surface area contributed by atoms with E-state index < -0.39 is 5.82 Å². The first kappa shape index (κ1) is 31.4. The van der Waals surface area contributed by atoms with Gasteiger partial charge in [0.15, 0.2) is 5.82 Å². The first-order valence-corrected chi connectivity index (χ1v) is 18.5. The maximum atomic E-state index is 17.0. The fourth-order valence-corrected chi connectivity index (χ4v) is 9.69. The van der Waals surface area contributed by atoms with Crippen molar-refractivity contribution in [2.75, 3.05) is 37.7 Å². The minimum absolute atomic E-state index is 0.00187. The quantitative estimate of drug-likeness (QED) is 0.192. The van der Waals surface area contributed by atoms with Crippen LogP contribution >= 0.6 is 0 Å². The molecule has 1 amide bonds. The standard InChI is InChI=1S/C41H40FN7O3/c42-37-30(33-20-28(50)19-25-7-1-2-8-29(25)33)13-14-32-38(37)43-40(52-24-41-15-5-17-48(41)18-6-16-41)44-39(32)47-22-26-11-12-27(23-47)49(26)36(51)21-35-31-9-3-4-10-34(31)45-46-35/h1-4,7-10,13-14,19-20,26-27,50H,5-6,11-12,15-18,21-24H2,(H,45,46)/t26-,27+. The average Bonchev–Trinajstić information content (AvgIpc) is 3.92. The molecule has 6 aromatic rings. The van der Waals surface area contributed by atoms with E-state index >= 15 is 4.39 Å². The lowest BCUT2D eigenvalue weighted by molar-refractivity contribution is -0.133. The number of aromatic hydroxyl groups is 1. The molecular formula is C41H40FN7O3. The number of benzene rings is 4. The number of hydrogen-bond acceptors (Lipinski definition) is 8. The molecule has 2 bridgehead atoms. The molecule has 4 aliphatic rings. The van der Waals surface area contributed by atoms with Gasteiger partial charge in [-0.05, 0) is 92.2 Å².